The van der Waals surface area contributed by atoms with Crippen molar-refractivity contribution < 1.29 is 0 Å². The fraction of sp³-hybridized carbons (Fsp3) is 0.286. The third-order valence-electron chi connectivity index (χ3n) is 2.78. The Hall–Kier alpha value is -1.61. The Morgan fingerprint density at radius 1 is 1.28 bits per heavy atom. The molecule has 0 radical (unpaired) electrons. The second-order valence-electron chi connectivity index (χ2n) is 4.27. The topological polar surface area (TPSA) is 29.0 Å². The van der Waals surface area contributed by atoms with Crippen molar-refractivity contribution >= 4 is 17.3 Å². The van der Waals surface area contributed by atoms with E-state index < -0.39 is 0 Å². The Balaban J connectivity index is 2.23. The minimum absolute atomic E-state index is 0.467. The number of pyridine rings is 2. The molecular formula is C14H16ClN3. The summed E-state index contributed by atoms with van der Waals surface area (Å²) in [5, 5.41) is 0. The van der Waals surface area contributed by atoms with Crippen LogP contribution in [0.4, 0.5) is 5.69 Å². The van der Waals surface area contributed by atoms with Crippen LogP contribution in [0, 0.1) is 6.92 Å². The molecule has 0 aromatic carbocycles. The van der Waals surface area contributed by atoms with Gasteiger partial charge in [0.1, 0.15) is 0 Å². The monoisotopic (exact) mass is 261 g/mol. The van der Waals surface area contributed by atoms with Gasteiger partial charge in [-0.15, -0.1) is 11.6 Å². The van der Waals surface area contributed by atoms with Crippen LogP contribution in [0.2, 0.25) is 0 Å². The van der Waals surface area contributed by atoms with Crippen LogP contribution in [0.25, 0.3) is 0 Å². The molecule has 0 saturated heterocycles. The fourth-order valence-electron chi connectivity index (χ4n) is 1.85. The molecule has 2 aromatic heterocycles. The lowest BCUT2D eigenvalue weighted by Crippen LogP contribution is -2.19. The molecule has 18 heavy (non-hydrogen) atoms. The summed E-state index contributed by atoms with van der Waals surface area (Å²) in [6.45, 7) is 2.74. The van der Waals surface area contributed by atoms with Gasteiger partial charge in [0.2, 0.25) is 0 Å². The molecule has 0 unspecified atom stereocenters. The molecule has 0 aliphatic rings. The van der Waals surface area contributed by atoms with Crippen LogP contribution < -0.4 is 4.90 Å². The molecule has 3 nitrogen and oxygen atoms in total. The van der Waals surface area contributed by atoms with Gasteiger partial charge in [-0.3, -0.25) is 9.97 Å². The zero-order valence-corrected chi connectivity index (χ0v) is 11.4. The van der Waals surface area contributed by atoms with E-state index in [-0.39, 0.29) is 0 Å². The largest absolute Gasteiger partial charge is 0.368 e. The lowest BCUT2D eigenvalue weighted by molar-refractivity contribution is 0.875. The Bertz CT molecular complexity index is 514. The molecule has 4 heteroatoms. The molecule has 0 bridgehead atoms. The van der Waals surface area contributed by atoms with Crippen LogP contribution >= 0.6 is 11.6 Å². The van der Waals surface area contributed by atoms with E-state index in [1.165, 1.54) is 0 Å². The molecule has 0 aliphatic heterocycles. The van der Waals surface area contributed by atoms with Crippen molar-refractivity contribution in [2.24, 2.45) is 0 Å². The molecular weight excluding hydrogens is 246 g/mol. The average molecular weight is 262 g/mol. The van der Waals surface area contributed by atoms with Gasteiger partial charge >= 0.3 is 0 Å². The van der Waals surface area contributed by atoms with Crippen LogP contribution in [-0.2, 0) is 12.4 Å². The maximum Gasteiger partial charge on any atom is 0.0598 e. The molecule has 2 rings (SSSR count). The van der Waals surface area contributed by atoms with E-state index in [1.54, 1.807) is 0 Å². The third kappa shape index (κ3) is 2.99. The molecule has 2 aromatic rings. The van der Waals surface area contributed by atoms with Gasteiger partial charge < -0.3 is 4.90 Å². The number of halogens is 1. The quantitative estimate of drug-likeness (QED) is 0.792. The average Bonchev–Trinajstić information content (AvgIpc) is 2.40. The molecule has 0 amide bonds. The van der Waals surface area contributed by atoms with E-state index in [4.69, 9.17) is 11.6 Å². The van der Waals surface area contributed by atoms with Crippen LogP contribution in [0.15, 0.2) is 36.7 Å². The first-order chi connectivity index (χ1) is 8.70. The molecule has 0 N–H and O–H groups in total. The van der Waals surface area contributed by atoms with Gasteiger partial charge in [0.25, 0.3) is 0 Å². The Labute approximate surface area is 112 Å². The first-order valence-corrected chi connectivity index (χ1v) is 6.36. The first-order valence-electron chi connectivity index (χ1n) is 5.83. The zero-order chi connectivity index (χ0) is 13.0. The van der Waals surface area contributed by atoms with Gasteiger partial charge in [-0.2, -0.15) is 0 Å². The first kappa shape index (κ1) is 12.8. The number of anilines is 1. The Morgan fingerprint density at radius 2 is 2.11 bits per heavy atom. The van der Waals surface area contributed by atoms with Crippen molar-refractivity contribution in [2.75, 3.05) is 11.9 Å². The van der Waals surface area contributed by atoms with Crippen molar-refractivity contribution in [3.8, 4) is 0 Å². The fourth-order valence-corrected chi connectivity index (χ4v) is 2.06. The minimum atomic E-state index is 0.467. The number of nitrogens with zero attached hydrogens (tertiary/aromatic N) is 3. The highest BCUT2D eigenvalue weighted by Gasteiger charge is 2.09. The number of aromatic nitrogens is 2. The molecule has 0 fully saturated rings. The van der Waals surface area contributed by atoms with Crippen LogP contribution in [-0.4, -0.2) is 17.0 Å². The number of hydrogen-bond donors (Lipinski definition) is 0. The van der Waals surface area contributed by atoms with Gasteiger partial charge in [0.15, 0.2) is 0 Å². The summed E-state index contributed by atoms with van der Waals surface area (Å²) in [4.78, 5) is 10.8. The normalized spacial score (nSPS) is 10.4. The Kier molecular flexibility index (Phi) is 4.15. The summed E-state index contributed by atoms with van der Waals surface area (Å²) in [7, 11) is 2.04. The predicted molar refractivity (Wildman–Crippen MR) is 74.9 cm³/mol. The van der Waals surface area contributed by atoms with Gasteiger partial charge in [0.05, 0.1) is 18.1 Å². The molecule has 0 saturated carbocycles. The maximum absolute atomic E-state index is 5.95. The summed E-state index contributed by atoms with van der Waals surface area (Å²) < 4.78 is 0. The van der Waals surface area contributed by atoms with Crippen molar-refractivity contribution in [2.45, 2.75) is 19.3 Å². The smallest absolute Gasteiger partial charge is 0.0598 e. The summed E-state index contributed by atoms with van der Waals surface area (Å²) in [6.07, 6.45) is 3.65. The lowest BCUT2D eigenvalue weighted by atomic mass is 10.2. The lowest BCUT2D eigenvalue weighted by Gasteiger charge is -2.21. The predicted octanol–water partition coefficient (Wildman–Crippen LogP) is 3.16. The summed E-state index contributed by atoms with van der Waals surface area (Å²) in [6, 6.07) is 7.99. The number of alkyl halides is 1. The molecule has 0 atom stereocenters. The number of aryl methyl sites for hydroxylation is 1. The van der Waals surface area contributed by atoms with E-state index in [1.807, 2.05) is 44.6 Å². The second-order valence-corrected chi connectivity index (χ2v) is 4.53. The summed E-state index contributed by atoms with van der Waals surface area (Å²) in [5.74, 6) is 0.467. The zero-order valence-electron chi connectivity index (χ0n) is 10.6. The van der Waals surface area contributed by atoms with E-state index in [2.05, 4.69) is 20.9 Å². The Morgan fingerprint density at radius 3 is 2.78 bits per heavy atom. The third-order valence-corrected chi connectivity index (χ3v) is 3.07. The van der Waals surface area contributed by atoms with Crippen LogP contribution in [0.3, 0.4) is 0 Å². The van der Waals surface area contributed by atoms with Gasteiger partial charge in [-0.1, -0.05) is 6.07 Å². The van der Waals surface area contributed by atoms with E-state index in [0.717, 1.165) is 29.2 Å². The maximum atomic E-state index is 5.95. The summed E-state index contributed by atoms with van der Waals surface area (Å²) in [5.41, 5.74) is 4.19. The van der Waals surface area contributed by atoms with E-state index >= 15 is 0 Å². The second kappa shape index (κ2) is 5.83. The van der Waals surface area contributed by atoms with Crippen molar-refractivity contribution in [1.29, 1.82) is 0 Å². The van der Waals surface area contributed by atoms with E-state index in [9.17, 15) is 0 Å². The SMILES string of the molecule is Cc1cc(N(C)Cc2ccccn2)c(CCl)cn1. The molecule has 0 spiro atoms. The van der Waals surface area contributed by atoms with Crippen LogP contribution in [0.1, 0.15) is 17.0 Å². The molecule has 94 valence electrons. The van der Waals surface area contributed by atoms with Crippen molar-refractivity contribution in [3.63, 3.8) is 0 Å². The van der Waals surface area contributed by atoms with Gasteiger partial charge in [-0.05, 0) is 25.1 Å². The van der Waals surface area contributed by atoms with Crippen molar-refractivity contribution in [1.82, 2.24) is 9.97 Å². The summed E-state index contributed by atoms with van der Waals surface area (Å²) >= 11 is 5.95. The highest BCUT2D eigenvalue weighted by molar-refractivity contribution is 6.17. The number of rotatable bonds is 4. The molecule has 2 heterocycles. The highest BCUT2D eigenvalue weighted by atomic mass is 35.5. The standard InChI is InChI=1S/C14H16ClN3/c1-11-7-14(12(8-15)9-17-11)18(2)10-13-5-3-4-6-16-13/h3-7,9H,8,10H2,1-2H3. The highest BCUT2D eigenvalue weighted by Crippen LogP contribution is 2.22. The van der Waals surface area contributed by atoms with Gasteiger partial charge in [-0.25, -0.2) is 0 Å². The minimum Gasteiger partial charge on any atom is -0.368 e. The van der Waals surface area contributed by atoms with Gasteiger partial charge in [0, 0.05) is 36.4 Å². The van der Waals surface area contributed by atoms with Crippen LogP contribution in [0.5, 0.6) is 0 Å². The van der Waals surface area contributed by atoms with E-state index in [0.29, 0.717) is 5.88 Å². The molecule has 0 aliphatic carbocycles. The number of hydrogen-bond acceptors (Lipinski definition) is 3. The van der Waals surface area contributed by atoms with Crippen molar-refractivity contribution in [3.05, 3.63) is 53.6 Å².